The molecule has 0 saturated heterocycles. The highest BCUT2D eigenvalue weighted by Gasteiger charge is 2.61. The fourth-order valence-electron chi connectivity index (χ4n) is 5.02. The Morgan fingerprint density at radius 3 is 2.24 bits per heavy atom. The number of carbonyl (C=O) groups is 2. The van der Waals surface area contributed by atoms with E-state index in [1.165, 1.54) is 32.9 Å². The van der Waals surface area contributed by atoms with Crippen LogP contribution in [0.2, 0.25) is 0 Å². The van der Waals surface area contributed by atoms with Crippen LogP contribution in [0, 0.1) is 0 Å². The smallest absolute Gasteiger partial charge is 0.426 e. The normalized spacial score (nSPS) is 16.4. The van der Waals surface area contributed by atoms with Crippen LogP contribution in [0.5, 0.6) is 0 Å². The lowest BCUT2D eigenvalue weighted by Gasteiger charge is -2.35. The van der Waals surface area contributed by atoms with E-state index < -0.39 is 108 Å². The molecule has 1 aliphatic rings. The first-order chi connectivity index (χ1) is 23.1. The van der Waals surface area contributed by atoms with Gasteiger partial charge in [-0.15, -0.1) is 10.2 Å². The van der Waals surface area contributed by atoms with Crippen molar-refractivity contribution in [2.24, 2.45) is 0 Å². The Bertz CT molecular complexity index is 1650. The minimum absolute atomic E-state index is 0.0853. The Kier molecular flexibility index (Phi) is 11.1. The van der Waals surface area contributed by atoms with Gasteiger partial charge in [-0.25, -0.2) is 23.4 Å². The molecular weight excluding hydrogens is 690 g/mol. The predicted molar refractivity (Wildman–Crippen MR) is 158 cm³/mol. The van der Waals surface area contributed by atoms with Gasteiger partial charge in [0.15, 0.2) is 11.4 Å². The molecule has 1 aromatic carbocycles. The Morgan fingerprint density at radius 1 is 1.02 bits per heavy atom. The first-order valence-corrected chi connectivity index (χ1v) is 15.2. The number of carbonyl (C=O) groups excluding carboxylic acids is 1. The first-order valence-electron chi connectivity index (χ1n) is 15.2. The number of aromatic nitrogens is 3. The molecule has 19 heteroatoms. The number of aromatic carboxylic acids is 1. The third kappa shape index (κ3) is 9.43. The zero-order valence-electron chi connectivity index (χ0n) is 26.8. The number of carboxylic acids is 1. The summed E-state index contributed by atoms with van der Waals surface area (Å²) in [5.74, 6) is -7.12. The van der Waals surface area contributed by atoms with Crippen molar-refractivity contribution in [2.75, 3.05) is 11.9 Å². The zero-order chi connectivity index (χ0) is 37.1. The number of pyridine rings is 1. The highest BCUT2D eigenvalue weighted by Crippen LogP contribution is 2.47. The summed E-state index contributed by atoms with van der Waals surface area (Å²) in [5, 5.41) is 21.4. The Hall–Kier alpha value is -4.39. The third-order valence-corrected chi connectivity index (χ3v) is 7.40. The van der Waals surface area contributed by atoms with E-state index in [2.05, 4.69) is 20.5 Å². The van der Waals surface area contributed by atoms with Crippen LogP contribution in [0.25, 0.3) is 11.6 Å². The number of hydrogen-bond acceptors (Lipinski definition) is 9. The van der Waals surface area contributed by atoms with Crippen molar-refractivity contribution in [1.29, 1.82) is 0 Å². The summed E-state index contributed by atoms with van der Waals surface area (Å²) in [6.07, 6.45) is -13.6. The number of nitrogens with zero attached hydrogens (tertiary/aromatic N) is 3. The van der Waals surface area contributed by atoms with Gasteiger partial charge in [-0.1, -0.05) is 30.3 Å². The van der Waals surface area contributed by atoms with Gasteiger partial charge < -0.3 is 24.3 Å². The van der Waals surface area contributed by atoms with Crippen molar-refractivity contribution in [3.63, 3.8) is 0 Å². The molecule has 2 heterocycles. The van der Waals surface area contributed by atoms with E-state index in [0.29, 0.717) is 5.56 Å². The maximum absolute atomic E-state index is 15.1. The SMILES string of the molecule is CC(C)(C)OC(=O)Nc1cc(C(F)(F)F)c(C(=O)O)nc1-c1nnc(C(CCCCNC2CC(F)(F)C2)(OCc2ccccc2)C(F)(F)F)o1. The highest BCUT2D eigenvalue weighted by molar-refractivity contribution is 5.93. The molecule has 1 aliphatic carbocycles. The van der Waals surface area contributed by atoms with E-state index in [9.17, 15) is 36.6 Å². The number of amides is 1. The molecule has 1 unspecified atom stereocenters. The molecule has 3 aromatic rings. The summed E-state index contributed by atoms with van der Waals surface area (Å²) < 4.78 is 129. The van der Waals surface area contributed by atoms with Gasteiger partial charge in [0, 0.05) is 18.9 Å². The molecule has 4 rings (SSSR count). The molecule has 11 nitrogen and oxygen atoms in total. The number of ether oxygens (including phenoxy) is 2. The summed E-state index contributed by atoms with van der Waals surface area (Å²) >= 11 is 0. The van der Waals surface area contributed by atoms with Gasteiger partial charge in [-0.2, -0.15) is 26.3 Å². The van der Waals surface area contributed by atoms with Gasteiger partial charge in [0.05, 0.1) is 17.9 Å². The lowest BCUT2D eigenvalue weighted by molar-refractivity contribution is -0.300. The van der Waals surface area contributed by atoms with Crippen LogP contribution in [-0.2, 0) is 27.9 Å². The number of benzene rings is 1. The molecule has 0 aliphatic heterocycles. The Labute approximate surface area is 279 Å². The van der Waals surface area contributed by atoms with E-state index in [1.807, 2.05) is 5.32 Å². The lowest BCUT2D eigenvalue weighted by Crippen LogP contribution is -2.48. The monoisotopic (exact) mass is 723 g/mol. The van der Waals surface area contributed by atoms with Crippen molar-refractivity contribution >= 4 is 17.7 Å². The van der Waals surface area contributed by atoms with Crippen LogP contribution < -0.4 is 10.6 Å². The number of carboxylic acid groups (broad SMARTS) is 1. The zero-order valence-corrected chi connectivity index (χ0v) is 26.8. The van der Waals surface area contributed by atoms with Gasteiger partial charge in [0.2, 0.25) is 5.60 Å². The number of hydrogen-bond donors (Lipinski definition) is 3. The number of anilines is 1. The van der Waals surface area contributed by atoms with Crippen molar-refractivity contribution in [3.05, 3.63) is 59.1 Å². The lowest BCUT2D eigenvalue weighted by atomic mass is 9.88. The van der Waals surface area contributed by atoms with Gasteiger partial charge in [0.25, 0.3) is 17.7 Å². The summed E-state index contributed by atoms with van der Waals surface area (Å²) in [7, 11) is 0. The maximum atomic E-state index is 15.1. The number of rotatable bonds is 13. The van der Waals surface area contributed by atoms with Gasteiger partial charge in [0.1, 0.15) is 5.60 Å². The van der Waals surface area contributed by atoms with Crippen molar-refractivity contribution in [3.8, 4) is 11.6 Å². The molecule has 1 amide bonds. The Balaban J connectivity index is 1.74. The fraction of sp³-hybridized carbons (Fsp3) is 0.516. The standard InChI is InChI=1S/C31H33F8N5O6/c1-27(2,3)50-26(47)41-20-13-19(30(34,35)36)21(24(45)46)42-22(20)23-43-44-25(49-23)29(31(37,38)39,48-16-17-9-5-4-6-10-17)11-7-8-12-40-18-14-28(32,33)15-18/h4-6,9-10,13,18,40H,7-8,11-12,14-16H2,1-3H3,(H,41,47)(H,45,46). The maximum Gasteiger partial charge on any atom is 0.426 e. The quantitative estimate of drug-likeness (QED) is 0.118. The molecule has 1 saturated carbocycles. The second-order valence-corrected chi connectivity index (χ2v) is 12.6. The average molecular weight is 724 g/mol. The number of alkyl halides is 8. The van der Waals surface area contributed by atoms with E-state index in [1.54, 1.807) is 18.2 Å². The second-order valence-electron chi connectivity index (χ2n) is 12.6. The highest BCUT2D eigenvalue weighted by atomic mass is 19.4. The molecule has 3 N–H and O–H groups in total. The summed E-state index contributed by atoms with van der Waals surface area (Å²) in [5.41, 5.74) is -9.26. The van der Waals surface area contributed by atoms with E-state index in [-0.39, 0.29) is 25.5 Å². The molecule has 2 aromatic heterocycles. The predicted octanol–water partition coefficient (Wildman–Crippen LogP) is 7.73. The molecule has 50 heavy (non-hydrogen) atoms. The number of nitrogens with one attached hydrogen (secondary N) is 2. The van der Waals surface area contributed by atoms with Crippen LogP contribution in [0.15, 0.2) is 40.8 Å². The molecule has 0 radical (unpaired) electrons. The summed E-state index contributed by atoms with van der Waals surface area (Å²) in [4.78, 5) is 27.8. The van der Waals surface area contributed by atoms with Crippen LogP contribution >= 0.6 is 0 Å². The van der Waals surface area contributed by atoms with Gasteiger partial charge in [-0.05, 0) is 58.2 Å². The second kappa shape index (κ2) is 14.5. The molecule has 0 bridgehead atoms. The van der Waals surface area contributed by atoms with E-state index in [0.717, 1.165) is 0 Å². The van der Waals surface area contributed by atoms with Crippen LogP contribution in [-0.4, -0.2) is 62.6 Å². The molecule has 1 fully saturated rings. The van der Waals surface area contributed by atoms with E-state index >= 15 is 13.2 Å². The first kappa shape index (κ1) is 38.4. The van der Waals surface area contributed by atoms with Crippen molar-refractivity contribution in [1.82, 2.24) is 20.5 Å². The number of unbranched alkanes of at least 4 members (excludes halogenated alkanes) is 1. The van der Waals surface area contributed by atoms with Crippen LogP contribution in [0.4, 0.5) is 45.6 Å². The van der Waals surface area contributed by atoms with E-state index in [4.69, 9.17) is 13.9 Å². The Morgan fingerprint density at radius 2 is 1.68 bits per heavy atom. The van der Waals surface area contributed by atoms with Crippen molar-refractivity contribution < 1.29 is 63.7 Å². The minimum Gasteiger partial charge on any atom is -0.476 e. The third-order valence-electron chi connectivity index (χ3n) is 7.40. The number of halogens is 8. The molecule has 274 valence electrons. The summed E-state index contributed by atoms with van der Waals surface area (Å²) in [6.45, 7) is 3.83. The molecule has 1 atom stereocenters. The molecular formula is C31H33F8N5O6. The van der Waals surface area contributed by atoms with Gasteiger partial charge in [-0.3, -0.25) is 5.32 Å². The largest absolute Gasteiger partial charge is 0.476 e. The average Bonchev–Trinajstić information content (AvgIpc) is 3.46. The van der Waals surface area contributed by atoms with Gasteiger partial charge >= 0.3 is 24.4 Å². The molecule has 0 spiro atoms. The fourth-order valence-corrected chi connectivity index (χ4v) is 5.02. The topological polar surface area (TPSA) is 149 Å². The van der Waals surface area contributed by atoms with Crippen LogP contribution in [0.1, 0.15) is 80.4 Å². The minimum atomic E-state index is -5.30. The van der Waals surface area contributed by atoms with Crippen molar-refractivity contribution in [2.45, 2.75) is 95.0 Å². The van der Waals surface area contributed by atoms with Crippen LogP contribution in [0.3, 0.4) is 0 Å². The summed E-state index contributed by atoms with van der Waals surface area (Å²) in [6, 6.07) is 7.45.